The van der Waals surface area contributed by atoms with Crippen LogP contribution < -0.4 is 0 Å². The summed E-state index contributed by atoms with van der Waals surface area (Å²) >= 11 is 1.69. The van der Waals surface area contributed by atoms with E-state index in [1.165, 1.54) is 10.4 Å². The Bertz CT molecular complexity index is 698. The Balaban J connectivity index is 1.99. The third-order valence-corrected chi connectivity index (χ3v) is 5.15. The molecule has 1 fully saturated rings. The Morgan fingerprint density at radius 3 is 2.38 bits per heavy atom. The fraction of sp³-hybridized carbons (Fsp3) is 0.294. The summed E-state index contributed by atoms with van der Waals surface area (Å²) < 4.78 is 0. The molecule has 0 bridgehead atoms. The van der Waals surface area contributed by atoms with E-state index in [1.807, 2.05) is 18.2 Å². The molecule has 1 saturated heterocycles. The van der Waals surface area contributed by atoms with E-state index in [2.05, 4.69) is 35.8 Å². The SMILES string of the molecule is N#CN1CCC(C#N)(c2ccsc2-c2ccccc2)CC1. The maximum atomic E-state index is 9.80. The van der Waals surface area contributed by atoms with Crippen LogP contribution >= 0.6 is 11.3 Å². The Morgan fingerprint density at radius 2 is 1.76 bits per heavy atom. The number of hydrogen-bond acceptors (Lipinski definition) is 4. The molecule has 3 nitrogen and oxygen atoms in total. The maximum absolute atomic E-state index is 9.80. The highest BCUT2D eigenvalue weighted by molar-refractivity contribution is 7.13. The number of hydrogen-bond donors (Lipinski definition) is 0. The van der Waals surface area contributed by atoms with Crippen LogP contribution in [0, 0.1) is 22.8 Å². The van der Waals surface area contributed by atoms with Crippen molar-refractivity contribution < 1.29 is 0 Å². The summed E-state index contributed by atoms with van der Waals surface area (Å²) in [6.45, 7) is 1.32. The molecule has 2 aromatic rings. The van der Waals surface area contributed by atoms with E-state index < -0.39 is 5.41 Å². The van der Waals surface area contributed by atoms with E-state index in [4.69, 9.17) is 5.26 Å². The first-order valence-electron chi connectivity index (χ1n) is 6.98. The first kappa shape index (κ1) is 13.7. The topological polar surface area (TPSA) is 50.8 Å². The third kappa shape index (κ3) is 2.39. The van der Waals surface area contributed by atoms with Gasteiger partial charge in [-0.05, 0) is 35.4 Å². The van der Waals surface area contributed by atoms with E-state index in [0.29, 0.717) is 25.9 Å². The van der Waals surface area contributed by atoms with Gasteiger partial charge in [-0.25, -0.2) is 0 Å². The van der Waals surface area contributed by atoms with Gasteiger partial charge in [0.2, 0.25) is 0 Å². The van der Waals surface area contributed by atoms with Crippen LogP contribution in [-0.2, 0) is 5.41 Å². The predicted molar refractivity (Wildman–Crippen MR) is 83.5 cm³/mol. The fourth-order valence-corrected chi connectivity index (χ4v) is 3.93. The van der Waals surface area contributed by atoms with Crippen LogP contribution in [0.3, 0.4) is 0 Å². The highest BCUT2D eigenvalue weighted by Crippen LogP contribution is 2.42. The van der Waals surface area contributed by atoms with Gasteiger partial charge >= 0.3 is 0 Å². The Hall–Kier alpha value is -2.30. The molecule has 0 unspecified atom stereocenters. The summed E-state index contributed by atoms with van der Waals surface area (Å²) in [5.74, 6) is 0. The molecule has 104 valence electrons. The number of rotatable bonds is 2. The lowest BCUT2D eigenvalue weighted by molar-refractivity contribution is 0.256. The lowest BCUT2D eigenvalue weighted by Gasteiger charge is -2.35. The van der Waals surface area contributed by atoms with Gasteiger partial charge in [0.1, 0.15) is 0 Å². The van der Waals surface area contributed by atoms with Crippen molar-refractivity contribution in [2.45, 2.75) is 18.3 Å². The van der Waals surface area contributed by atoms with Gasteiger partial charge in [0.15, 0.2) is 6.19 Å². The van der Waals surface area contributed by atoms with Gasteiger partial charge < -0.3 is 4.90 Å². The quantitative estimate of drug-likeness (QED) is 0.792. The molecule has 1 aliphatic heterocycles. The van der Waals surface area contributed by atoms with Gasteiger partial charge in [-0.15, -0.1) is 11.3 Å². The summed E-state index contributed by atoms with van der Waals surface area (Å²) in [4.78, 5) is 2.92. The van der Waals surface area contributed by atoms with E-state index in [9.17, 15) is 5.26 Å². The first-order chi connectivity index (χ1) is 10.3. The normalized spacial score (nSPS) is 17.0. The first-order valence-corrected chi connectivity index (χ1v) is 7.86. The summed E-state index contributed by atoms with van der Waals surface area (Å²) in [6.07, 6.45) is 3.62. The second kappa shape index (κ2) is 5.60. The van der Waals surface area contributed by atoms with Gasteiger partial charge in [-0.1, -0.05) is 30.3 Å². The van der Waals surface area contributed by atoms with Crippen LogP contribution in [0.1, 0.15) is 18.4 Å². The number of nitriles is 2. The average Bonchev–Trinajstić information content (AvgIpc) is 3.06. The second-order valence-corrected chi connectivity index (χ2v) is 6.23. The molecular formula is C17H15N3S. The molecule has 1 aromatic heterocycles. The monoisotopic (exact) mass is 293 g/mol. The van der Waals surface area contributed by atoms with Crippen LogP contribution in [0.5, 0.6) is 0 Å². The molecule has 1 aliphatic rings. The van der Waals surface area contributed by atoms with E-state index in [0.717, 1.165) is 5.56 Å². The minimum Gasteiger partial charge on any atom is -0.311 e. The van der Waals surface area contributed by atoms with Crippen LogP contribution in [0.2, 0.25) is 0 Å². The molecule has 0 N–H and O–H groups in total. The summed E-state index contributed by atoms with van der Waals surface area (Å²) in [7, 11) is 0. The van der Waals surface area contributed by atoms with Crippen molar-refractivity contribution in [3.63, 3.8) is 0 Å². The van der Waals surface area contributed by atoms with Gasteiger partial charge in [-0.3, -0.25) is 0 Å². The molecule has 0 radical (unpaired) electrons. The minimum atomic E-state index is -0.460. The average molecular weight is 293 g/mol. The van der Waals surface area contributed by atoms with Crippen molar-refractivity contribution in [1.82, 2.24) is 4.90 Å². The Labute approximate surface area is 128 Å². The van der Waals surface area contributed by atoms with Crippen molar-refractivity contribution in [2.24, 2.45) is 0 Å². The molecule has 21 heavy (non-hydrogen) atoms. The predicted octanol–water partition coefficient (Wildman–Crippen LogP) is 3.75. The number of thiophene rings is 1. The van der Waals surface area contributed by atoms with Crippen molar-refractivity contribution >= 4 is 11.3 Å². The van der Waals surface area contributed by atoms with Gasteiger partial charge in [0, 0.05) is 18.0 Å². The second-order valence-electron chi connectivity index (χ2n) is 5.31. The molecule has 0 aliphatic carbocycles. The highest BCUT2D eigenvalue weighted by Gasteiger charge is 2.38. The third-order valence-electron chi connectivity index (χ3n) is 4.19. The van der Waals surface area contributed by atoms with Crippen LogP contribution in [0.15, 0.2) is 41.8 Å². The fourth-order valence-electron chi connectivity index (χ4n) is 2.93. The lowest BCUT2D eigenvalue weighted by Crippen LogP contribution is -2.39. The number of likely N-dealkylation sites (tertiary alicyclic amines) is 1. The molecule has 4 heteroatoms. The van der Waals surface area contributed by atoms with E-state index >= 15 is 0 Å². The zero-order chi connectivity index (χ0) is 14.7. The molecular weight excluding hydrogens is 278 g/mol. The minimum absolute atomic E-state index is 0.460. The van der Waals surface area contributed by atoms with Crippen LogP contribution in [0.4, 0.5) is 0 Å². The zero-order valence-corrected chi connectivity index (χ0v) is 12.4. The molecule has 3 rings (SSSR count). The van der Waals surface area contributed by atoms with Crippen LogP contribution in [0.25, 0.3) is 10.4 Å². The highest BCUT2D eigenvalue weighted by atomic mass is 32.1. The number of nitrogens with zero attached hydrogens (tertiary/aromatic N) is 3. The van der Waals surface area contributed by atoms with Crippen molar-refractivity contribution in [3.8, 4) is 22.7 Å². The summed E-state index contributed by atoms with van der Waals surface area (Å²) in [5, 5.41) is 20.9. The smallest absolute Gasteiger partial charge is 0.179 e. The lowest BCUT2D eigenvalue weighted by atomic mass is 9.73. The van der Waals surface area contributed by atoms with Crippen LogP contribution in [-0.4, -0.2) is 18.0 Å². The number of piperidine rings is 1. The van der Waals surface area contributed by atoms with E-state index in [-0.39, 0.29) is 0 Å². The molecule has 2 heterocycles. The van der Waals surface area contributed by atoms with Gasteiger partial charge in [-0.2, -0.15) is 10.5 Å². The molecule has 0 spiro atoms. The standard InChI is InChI=1S/C17H15N3S/c18-12-17(7-9-20(13-19)10-8-17)15-6-11-21-16(15)14-4-2-1-3-5-14/h1-6,11H,7-10H2. The van der Waals surface area contributed by atoms with Crippen molar-refractivity contribution in [3.05, 3.63) is 47.3 Å². The number of benzene rings is 1. The van der Waals surface area contributed by atoms with Gasteiger partial charge in [0.05, 0.1) is 11.5 Å². The zero-order valence-electron chi connectivity index (χ0n) is 11.6. The largest absolute Gasteiger partial charge is 0.311 e. The summed E-state index contributed by atoms with van der Waals surface area (Å²) in [6, 6.07) is 14.9. The Kier molecular flexibility index (Phi) is 3.64. The van der Waals surface area contributed by atoms with Crippen molar-refractivity contribution in [2.75, 3.05) is 13.1 Å². The maximum Gasteiger partial charge on any atom is 0.179 e. The molecule has 0 atom stereocenters. The Morgan fingerprint density at radius 1 is 1.05 bits per heavy atom. The molecule has 0 amide bonds. The molecule has 1 aromatic carbocycles. The van der Waals surface area contributed by atoms with E-state index in [1.54, 1.807) is 16.2 Å². The summed E-state index contributed by atoms with van der Waals surface area (Å²) in [5.41, 5.74) is 1.83. The van der Waals surface area contributed by atoms with Gasteiger partial charge in [0.25, 0.3) is 0 Å². The molecule has 0 saturated carbocycles. The van der Waals surface area contributed by atoms with Crippen molar-refractivity contribution in [1.29, 1.82) is 10.5 Å².